The number of nitrogens with zero attached hydrogens (tertiary/aromatic N) is 2. The monoisotopic (exact) mass is 287 g/mol. The molecule has 0 fully saturated rings. The summed E-state index contributed by atoms with van der Waals surface area (Å²) in [5.41, 5.74) is -0.586. The lowest BCUT2D eigenvalue weighted by atomic mass is 10.2. The maximum absolute atomic E-state index is 13.8. The van der Waals surface area contributed by atoms with Gasteiger partial charge in [0, 0.05) is 6.42 Å². The molecule has 2 aromatic heterocycles. The van der Waals surface area contributed by atoms with Crippen LogP contribution in [0.25, 0.3) is 10.9 Å². The molecular weight excluding hydrogens is 281 g/mol. The van der Waals surface area contributed by atoms with Gasteiger partial charge in [-0.3, -0.25) is 4.79 Å². The molecule has 0 aliphatic heterocycles. The van der Waals surface area contributed by atoms with Crippen molar-refractivity contribution >= 4 is 40.6 Å². The van der Waals surface area contributed by atoms with Gasteiger partial charge in [0.05, 0.1) is 11.1 Å². The van der Waals surface area contributed by atoms with Crippen LogP contribution >= 0.6 is 23.4 Å². The normalized spacial score (nSPS) is 10.8. The molecule has 0 amide bonds. The summed E-state index contributed by atoms with van der Waals surface area (Å²) in [5, 5.41) is -0.169. The molecule has 2 aromatic rings. The summed E-state index contributed by atoms with van der Waals surface area (Å²) >= 11 is 6.78. The molecule has 0 saturated heterocycles. The van der Waals surface area contributed by atoms with Crippen LogP contribution in [0, 0.1) is 5.82 Å². The highest BCUT2D eigenvalue weighted by atomic mass is 35.5. The van der Waals surface area contributed by atoms with E-state index < -0.39 is 16.5 Å². The first-order chi connectivity index (χ1) is 8.58. The second-order valence-corrected chi connectivity index (χ2v) is 4.49. The minimum atomic E-state index is -0.859. The SMILES string of the molecule is CSc1nc2c(F)c(Cl)nc(CC=O)c2c(=O)[nH]1. The van der Waals surface area contributed by atoms with Crippen molar-refractivity contribution < 1.29 is 9.18 Å². The molecule has 0 bridgehead atoms. The van der Waals surface area contributed by atoms with Gasteiger partial charge in [0.25, 0.3) is 5.56 Å². The molecule has 18 heavy (non-hydrogen) atoms. The molecule has 2 rings (SSSR count). The lowest BCUT2D eigenvalue weighted by Crippen LogP contribution is -2.14. The van der Waals surface area contributed by atoms with Crippen molar-refractivity contribution in [2.75, 3.05) is 6.26 Å². The quantitative estimate of drug-likeness (QED) is 0.401. The van der Waals surface area contributed by atoms with Crippen LogP contribution in [-0.2, 0) is 11.2 Å². The van der Waals surface area contributed by atoms with Crippen LogP contribution in [0.1, 0.15) is 5.69 Å². The van der Waals surface area contributed by atoms with Crippen LogP contribution in [-0.4, -0.2) is 27.5 Å². The summed E-state index contributed by atoms with van der Waals surface area (Å²) < 4.78 is 13.8. The predicted octanol–water partition coefficient (Wildman–Crippen LogP) is 1.57. The minimum absolute atomic E-state index is 0.0400. The predicted molar refractivity (Wildman–Crippen MR) is 66.7 cm³/mol. The van der Waals surface area contributed by atoms with E-state index >= 15 is 0 Å². The van der Waals surface area contributed by atoms with E-state index in [4.69, 9.17) is 11.6 Å². The van der Waals surface area contributed by atoms with Gasteiger partial charge < -0.3 is 9.78 Å². The van der Waals surface area contributed by atoms with Gasteiger partial charge in [-0.1, -0.05) is 23.4 Å². The smallest absolute Gasteiger partial charge is 0.261 e. The number of nitrogens with one attached hydrogen (secondary N) is 1. The number of hydrogen-bond acceptors (Lipinski definition) is 5. The molecule has 0 unspecified atom stereocenters. The van der Waals surface area contributed by atoms with Crippen LogP contribution in [0.3, 0.4) is 0 Å². The Morgan fingerprint density at radius 1 is 1.50 bits per heavy atom. The van der Waals surface area contributed by atoms with E-state index in [0.717, 1.165) is 0 Å². The molecule has 1 N–H and O–H groups in total. The summed E-state index contributed by atoms with van der Waals surface area (Å²) in [6.07, 6.45) is 2.13. The number of halogens is 2. The zero-order valence-electron chi connectivity index (χ0n) is 9.16. The van der Waals surface area contributed by atoms with Crippen molar-refractivity contribution in [1.82, 2.24) is 15.0 Å². The van der Waals surface area contributed by atoms with Crippen molar-refractivity contribution in [3.05, 3.63) is 27.0 Å². The van der Waals surface area contributed by atoms with Crippen molar-refractivity contribution in [2.45, 2.75) is 11.6 Å². The van der Waals surface area contributed by atoms with Gasteiger partial charge >= 0.3 is 0 Å². The Morgan fingerprint density at radius 3 is 2.83 bits per heavy atom. The number of aromatic nitrogens is 3. The Hall–Kier alpha value is -1.47. The van der Waals surface area contributed by atoms with E-state index in [1.54, 1.807) is 6.26 Å². The van der Waals surface area contributed by atoms with Gasteiger partial charge in [-0.15, -0.1) is 0 Å². The molecule has 2 heterocycles. The first-order valence-electron chi connectivity index (χ1n) is 4.84. The first-order valence-corrected chi connectivity index (χ1v) is 6.44. The molecule has 0 aliphatic carbocycles. The Labute approximate surface area is 110 Å². The number of hydrogen-bond donors (Lipinski definition) is 1. The van der Waals surface area contributed by atoms with E-state index in [2.05, 4.69) is 15.0 Å². The van der Waals surface area contributed by atoms with Crippen LogP contribution in [0.15, 0.2) is 9.95 Å². The van der Waals surface area contributed by atoms with Crippen molar-refractivity contribution in [1.29, 1.82) is 0 Å². The topological polar surface area (TPSA) is 75.7 Å². The average molecular weight is 288 g/mol. The molecule has 0 spiro atoms. The zero-order valence-corrected chi connectivity index (χ0v) is 10.7. The Bertz CT molecular complexity index is 689. The highest BCUT2D eigenvalue weighted by Crippen LogP contribution is 2.23. The highest BCUT2D eigenvalue weighted by molar-refractivity contribution is 7.98. The second kappa shape index (κ2) is 5.03. The number of rotatable bonds is 3. The van der Waals surface area contributed by atoms with E-state index in [1.807, 2.05) is 0 Å². The summed E-state index contributed by atoms with van der Waals surface area (Å²) in [7, 11) is 0. The molecule has 5 nitrogen and oxygen atoms in total. The maximum atomic E-state index is 13.8. The van der Waals surface area contributed by atoms with Gasteiger partial charge in [-0.2, -0.15) is 0 Å². The number of thioether (sulfide) groups is 1. The summed E-state index contributed by atoms with van der Waals surface area (Å²) in [5.74, 6) is -0.859. The number of pyridine rings is 1. The fraction of sp³-hybridized carbons (Fsp3) is 0.200. The molecule has 94 valence electrons. The molecular formula is C10H7ClFN3O2S. The fourth-order valence-electron chi connectivity index (χ4n) is 1.52. The second-order valence-electron chi connectivity index (χ2n) is 3.33. The maximum Gasteiger partial charge on any atom is 0.261 e. The average Bonchev–Trinajstić information content (AvgIpc) is 2.35. The van der Waals surface area contributed by atoms with Crippen molar-refractivity contribution in [3.63, 3.8) is 0 Å². The third-order valence-electron chi connectivity index (χ3n) is 2.28. The van der Waals surface area contributed by atoms with Crippen LogP contribution in [0.4, 0.5) is 4.39 Å². The van der Waals surface area contributed by atoms with Gasteiger partial charge in [-0.05, 0) is 6.26 Å². The standard InChI is InChI=1S/C10H7ClFN3O2S/c1-18-10-14-7-5(9(17)15-10)4(2-3-16)13-8(11)6(7)12/h3H,2H2,1H3,(H,14,15,17). The summed E-state index contributed by atoms with van der Waals surface area (Å²) in [4.78, 5) is 32.5. The Morgan fingerprint density at radius 2 is 2.22 bits per heavy atom. The Balaban J connectivity index is 2.93. The lowest BCUT2D eigenvalue weighted by Gasteiger charge is -2.05. The minimum Gasteiger partial charge on any atom is -0.303 e. The van der Waals surface area contributed by atoms with E-state index in [1.165, 1.54) is 11.8 Å². The largest absolute Gasteiger partial charge is 0.303 e. The fourth-order valence-corrected chi connectivity index (χ4v) is 2.09. The zero-order chi connectivity index (χ0) is 13.3. The summed E-state index contributed by atoms with van der Waals surface area (Å²) in [6, 6.07) is 0. The van der Waals surface area contributed by atoms with Gasteiger partial charge in [0.2, 0.25) is 0 Å². The number of carbonyl (C=O) groups is 1. The number of H-pyrrole nitrogens is 1. The van der Waals surface area contributed by atoms with Crippen molar-refractivity contribution in [2.24, 2.45) is 0 Å². The van der Waals surface area contributed by atoms with E-state index in [-0.39, 0.29) is 28.2 Å². The van der Waals surface area contributed by atoms with E-state index in [0.29, 0.717) is 6.29 Å². The number of fused-ring (bicyclic) bond motifs is 1. The van der Waals surface area contributed by atoms with Gasteiger partial charge in [-0.25, -0.2) is 14.4 Å². The summed E-state index contributed by atoms with van der Waals surface area (Å²) in [6.45, 7) is 0. The number of aromatic amines is 1. The molecule has 0 saturated carbocycles. The van der Waals surface area contributed by atoms with Crippen LogP contribution < -0.4 is 5.56 Å². The molecule has 8 heteroatoms. The number of carbonyl (C=O) groups excluding carboxylic acids is 1. The third-order valence-corrected chi connectivity index (χ3v) is 3.11. The Kier molecular flexibility index (Phi) is 3.63. The molecule has 0 atom stereocenters. The highest BCUT2D eigenvalue weighted by Gasteiger charge is 2.17. The van der Waals surface area contributed by atoms with E-state index in [9.17, 15) is 14.0 Å². The van der Waals surface area contributed by atoms with Gasteiger partial charge in [0.15, 0.2) is 16.1 Å². The van der Waals surface area contributed by atoms with Crippen LogP contribution in [0.5, 0.6) is 0 Å². The molecule has 0 aliphatic rings. The van der Waals surface area contributed by atoms with Crippen molar-refractivity contribution in [3.8, 4) is 0 Å². The first kappa shape index (κ1) is 13.0. The lowest BCUT2D eigenvalue weighted by molar-refractivity contribution is -0.107. The molecule has 0 radical (unpaired) electrons. The molecule has 0 aromatic carbocycles. The third kappa shape index (κ3) is 2.11. The van der Waals surface area contributed by atoms with Gasteiger partial charge in [0.1, 0.15) is 11.8 Å². The van der Waals surface area contributed by atoms with Crippen LogP contribution in [0.2, 0.25) is 5.15 Å². The number of aldehydes is 1.